The number of thioether (sulfide) groups is 1. The molecule has 0 amide bonds. The molecule has 0 aliphatic rings. The van der Waals surface area contributed by atoms with Gasteiger partial charge in [0, 0.05) is 10.6 Å². The molecule has 14 heavy (non-hydrogen) atoms. The maximum absolute atomic E-state index is 6.11. The molecular weight excluding hydrogens is 234 g/mol. The summed E-state index contributed by atoms with van der Waals surface area (Å²) in [7, 11) is 0. The third-order valence-corrected chi connectivity index (χ3v) is 4.07. The van der Waals surface area contributed by atoms with E-state index in [9.17, 15) is 0 Å². The van der Waals surface area contributed by atoms with Crippen LogP contribution in [0.15, 0.2) is 11.4 Å². The zero-order valence-corrected chi connectivity index (χ0v) is 10.9. The van der Waals surface area contributed by atoms with Crippen LogP contribution in [0.2, 0.25) is 5.02 Å². The molecule has 0 aromatic carbocycles. The van der Waals surface area contributed by atoms with Crippen LogP contribution in [0.25, 0.3) is 0 Å². The van der Waals surface area contributed by atoms with Crippen molar-refractivity contribution in [1.29, 1.82) is 0 Å². The zero-order valence-electron chi connectivity index (χ0n) is 8.55. The number of rotatable bonds is 6. The monoisotopic (exact) mass is 249 g/mol. The molecule has 0 aliphatic carbocycles. The van der Waals surface area contributed by atoms with Crippen LogP contribution in [0.1, 0.15) is 24.3 Å². The minimum atomic E-state index is 0.414. The second-order valence-electron chi connectivity index (χ2n) is 3.09. The van der Waals surface area contributed by atoms with Gasteiger partial charge in [-0.25, -0.2) is 0 Å². The summed E-state index contributed by atoms with van der Waals surface area (Å²) in [6, 6.07) is 2.39. The molecule has 1 unspecified atom stereocenters. The van der Waals surface area contributed by atoms with Crippen molar-refractivity contribution >= 4 is 34.7 Å². The molecule has 0 aliphatic heterocycles. The number of hydrogen-bond donors (Lipinski definition) is 1. The van der Waals surface area contributed by atoms with Crippen molar-refractivity contribution in [3.63, 3.8) is 0 Å². The first-order valence-corrected chi connectivity index (χ1v) is 7.40. The fourth-order valence-electron chi connectivity index (χ4n) is 1.27. The van der Waals surface area contributed by atoms with E-state index in [1.54, 1.807) is 11.3 Å². The molecule has 80 valence electrons. The van der Waals surface area contributed by atoms with E-state index < -0.39 is 0 Å². The molecule has 0 saturated heterocycles. The fraction of sp³-hybridized carbons (Fsp3) is 0.600. The standard InChI is InChI=1S/C10H16ClNS2/c1-3-5-12-9(7-13-2)10-8(11)4-6-14-10/h4,6,9,12H,3,5,7H2,1-2H3. The molecule has 0 radical (unpaired) electrons. The number of nitrogens with one attached hydrogen (secondary N) is 1. The van der Waals surface area contributed by atoms with Gasteiger partial charge >= 0.3 is 0 Å². The molecule has 1 heterocycles. The van der Waals surface area contributed by atoms with Crippen LogP contribution in [-0.2, 0) is 0 Å². The van der Waals surface area contributed by atoms with Gasteiger partial charge in [0.2, 0.25) is 0 Å². The Hall–Kier alpha value is 0.300. The largest absolute Gasteiger partial charge is 0.309 e. The first-order chi connectivity index (χ1) is 6.79. The van der Waals surface area contributed by atoms with Crippen LogP contribution in [0.5, 0.6) is 0 Å². The minimum absolute atomic E-state index is 0.414. The molecule has 1 aromatic heterocycles. The van der Waals surface area contributed by atoms with Crippen LogP contribution < -0.4 is 5.32 Å². The Bertz CT molecular complexity index is 262. The molecule has 0 fully saturated rings. The van der Waals surface area contributed by atoms with Gasteiger partial charge in [0.15, 0.2) is 0 Å². The zero-order chi connectivity index (χ0) is 10.4. The lowest BCUT2D eigenvalue weighted by Gasteiger charge is -2.16. The Kier molecular flexibility index (Phi) is 5.94. The van der Waals surface area contributed by atoms with Crippen molar-refractivity contribution < 1.29 is 0 Å². The van der Waals surface area contributed by atoms with Gasteiger partial charge in [-0.1, -0.05) is 18.5 Å². The van der Waals surface area contributed by atoms with Crippen LogP contribution in [0, 0.1) is 0 Å². The van der Waals surface area contributed by atoms with E-state index in [1.807, 2.05) is 17.8 Å². The molecular formula is C10H16ClNS2. The van der Waals surface area contributed by atoms with E-state index in [0.29, 0.717) is 6.04 Å². The Morgan fingerprint density at radius 2 is 2.43 bits per heavy atom. The maximum atomic E-state index is 6.11. The topological polar surface area (TPSA) is 12.0 Å². The molecule has 1 nitrogen and oxygen atoms in total. The highest BCUT2D eigenvalue weighted by molar-refractivity contribution is 7.98. The van der Waals surface area contributed by atoms with Crippen molar-refractivity contribution in [2.24, 2.45) is 0 Å². The van der Waals surface area contributed by atoms with Crippen LogP contribution in [0.3, 0.4) is 0 Å². The Morgan fingerprint density at radius 1 is 1.64 bits per heavy atom. The summed E-state index contributed by atoms with van der Waals surface area (Å²) >= 11 is 9.70. The highest BCUT2D eigenvalue weighted by Gasteiger charge is 2.14. The van der Waals surface area contributed by atoms with Crippen molar-refractivity contribution in [3.8, 4) is 0 Å². The Morgan fingerprint density at radius 3 is 2.93 bits per heavy atom. The maximum Gasteiger partial charge on any atom is 0.0561 e. The number of thiophene rings is 1. The molecule has 1 aromatic rings. The van der Waals surface area contributed by atoms with Crippen LogP contribution >= 0.6 is 34.7 Å². The van der Waals surface area contributed by atoms with Crippen molar-refractivity contribution in [2.45, 2.75) is 19.4 Å². The van der Waals surface area contributed by atoms with Gasteiger partial charge in [-0.15, -0.1) is 11.3 Å². The van der Waals surface area contributed by atoms with Crippen LogP contribution in [-0.4, -0.2) is 18.6 Å². The highest BCUT2D eigenvalue weighted by atomic mass is 35.5. The quantitative estimate of drug-likeness (QED) is 0.823. The first-order valence-electron chi connectivity index (χ1n) is 4.74. The Labute approximate surface area is 99.2 Å². The molecule has 4 heteroatoms. The second-order valence-corrected chi connectivity index (χ2v) is 5.36. The van der Waals surface area contributed by atoms with Crippen molar-refractivity contribution in [1.82, 2.24) is 5.32 Å². The summed E-state index contributed by atoms with van der Waals surface area (Å²) in [6.45, 7) is 3.23. The lowest BCUT2D eigenvalue weighted by molar-refractivity contribution is 0.585. The molecule has 1 atom stereocenters. The normalized spacial score (nSPS) is 13.1. The molecule has 1 N–H and O–H groups in total. The summed E-state index contributed by atoms with van der Waals surface area (Å²) in [5.41, 5.74) is 0. The predicted octanol–water partition coefficient (Wildman–Crippen LogP) is 3.81. The van der Waals surface area contributed by atoms with Gasteiger partial charge < -0.3 is 5.32 Å². The SMILES string of the molecule is CCCNC(CSC)c1sccc1Cl. The fourth-order valence-corrected chi connectivity index (χ4v) is 3.26. The van der Waals surface area contributed by atoms with Gasteiger partial charge in [0.1, 0.15) is 0 Å². The summed E-state index contributed by atoms with van der Waals surface area (Å²) < 4.78 is 0. The third-order valence-electron chi connectivity index (χ3n) is 1.94. The smallest absolute Gasteiger partial charge is 0.0561 e. The van der Waals surface area contributed by atoms with Gasteiger partial charge in [0.25, 0.3) is 0 Å². The highest BCUT2D eigenvalue weighted by Crippen LogP contribution is 2.30. The predicted molar refractivity (Wildman–Crippen MR) is 68.7 cm³/mol. The van der Waals surface area contributed by atoms with E-state index in [2.05, 4.69) is 23.9 Å². The summed E-state index contributed by atoms with van der Waals surface area (Å²) in [5.74, 6) is 1.08. The van der Waals surface area contributed by atoms with E-state index >= 15 is 0 Å². The number of halogens is 1. The van der Waals surface area contributed by atoms with Crippen LogP contribution in [0.4, 0.5) is 0 Å². The molecule has 0 saturated carbocycles. The number of hydrogen-bond acceptors (Lipinski definition) is 3. The lowest BCUT2D eigenvalue weighted by Crippen LogP contribution is -2.23. The average molecular weight is 250 g/mol. The van der Waals surface area contributed by atoms with Gasteiger partial charge in [0.05, 0.1) is 11.1 Å². The van der Waals surface area contributed by atoms with E-state index in [1.165, 1.54) is 4.88 Å². The molecule has 0 spiro atoms. The molecule has 0 bridgehead atoms. The third kappa shape index (κ3) is 3.46. The lowest BCUT2D eigenvalue weighted by atomic mass is 10.2. The van der Waals surface area contributed by atoms with Gasteiger partial charge in [-0.05, 0) is 30.7 Å². The molecule has 1 rings (SSSR count). The van der Waals surface area contributed by atoms with Crippen molar-refractivity contribution in [3.05, 3.63) is 21.3 Å². The summed E-state index contributed by atoms with van der Waals surface area (Å²) in [4.78, 5) is 1.27. The van der Waals surface area contributed by atoms with Crippen molar-refractivity contribution in [2.75, 3.05) is 18.6 Å². The Balaban J connectivity index is 2.62. The van der Waals surface area contributed by atoms with Gasteiger partial charge in [-0.2, -0.15) is 11.8 Å². The average Bonchev–Trinajstić information content (AvgIpc) is 2.59. The second kappa shape index (κ2) is 6.72. The van der Waals surface area contributed by atoms with Gasteiger partial charge in [-0.3, -0.25) is 0 Å². The van der Waals surface area contributed by atoms with E-state index in [4.69, 9.17) is 11.6 Å². The first kappa shape index (κ1) is 12.4. The van der Waals surface area contributed by atoms with E-state index in [-0.39, 0.29) is 0 Å². The van der Waals surface area contributed by atoms with E-state index in [0.717, 1.165) is 23.7 Å². The summed E-state index contributed by atoms with van der Waals surface area (Å²) in [5, 5.41) is 6.47. The minimum Gasteiger partial charge on any atom is -0.309 e. The summed E-state index contributed by atoms with van der Waals surface area (Å²) in [6.07, 6.45) is 3.29.